The molecule has 15 heavy (non-hydrogen) atoms. The monoisotopic (exact) mass is 212 g/mol. The average molecular weight is 212 g/mol. The van der Waals surface area contributed by atoms with Crippen LogP contribution in [-0.2, 0) is 4.79 Å². The van der Waals surface area contributed by atoms with Gasteiger partial charge in [0.2, 0.25) is 0 Å². The first kappa shape index (κ1) is 10.9. The van der Waals surface area contributed by atoms with Crippen molar-refractivity contribution in [3.05, 3.63) is 0 Å². The largest absolute Gasteiger partial charge is 0.481 e. The second-order valence-electron chi connectivity index (χ2n) is 5.99. The molecule has 0 aliphatic heterocycles. The van der Waals surface area contributed by atoms with Crippen LogP contribution in [0.4, 0.5) is 0 Å². The van der Waals surface area contributed by atoms with E-state index in [2.05, 4.69) is 20.8 Å². The first-order valence-corrected chi connectivity index (χ1v) is 5.70. The van der Waals surface area contributed by atoms with E-state index in [-0.39, 0.29) is 23.2 Å². The first-order chi connectivity index (χ1) is 6.80. The minimum atomic E-state index is -0.786. The molecule has 3 heteroatoms. The van der Waals surface area contributed by atoms with Gasteiger partial charge < -0.3 is 10.2 Å². The van der Waals surface area contributed by atoms with E-state index in [4.69, 9.17) is 5.11 Å². The third-order valence-corrected chi connectivity index (χ3v) is 5.36. The molecule has 2 bridgehead atoms. The van der Waals surface area contributed by atoms with Gasteiger partial charge in [-0.15, -0.1) is 0 Å². The third-order valence-electron chi connectivity index (χ3n) is 5.36. The Morgan fingerprint density at radius 1 is 1.40 bits per heavy atom. The summed E-state index contributed by atoms with van der Waals surface area (Å²) in [6.45, 7) is 6.46. The van der Waals surface area contributed by atoms with Gasteiger partial charge >= 0.3 is 5.97 Å². The Bertz CT molecular complexity index is 297. The van der Waals surface area contributed by atoms with Crippen LogP contribution in [0.3, 0.4) is 0 Å². The minimum Gasteiger partial charge on any atom is -0.481 e. The van der Waals surface area contributed by atoms with Crippen LogP contribution in [0.1, 0.15) is 40.0 Å². The van der Waals surface area contributed by atoms with Crippen molar-refractivity contribution in [2.75, 3.05) is 0 Å². The quantitative estimate of drug-likeness (QED) is 0.735. The number of carboxylic acid groups (broad SMARTS) is 1. The Labute approximate surface area is 90.5 Å². The predicted octanol–water partition coefficient (Wildman–Crippen LogP) is 1.89. The maximum atomic E-state index is 10.8. The van der Waals surface area contributed by atoms with E-state index in [1.807, 2.05) is 0 Å². The Balaban J connectivity index is 2.29. The number of aliphatic hydroxyl groups excluding tert-OH is 1. The maximum Gasteiger partial charge on any atom is 0.303 e. The Morgan fingerprint density at radius 2 is 2.00 bits per heavy atom. The van der Waals surface area contributed by atoms with Crippen LogP contribution in [0, 0.1) is 22.7 Å². The van der Waals surface area contributed by atoms with Gasteiger partial charge in [-0.05, 0) is 35.5 Å². The van der Waals surface area contributed by atoms with Crippen molar-refractivity contribution in [2.24, 2.45) is 22.7 Å². The number of hydrogen-bond acceptors (Lipinski definition) is 2. The molecule has 2 rings (SSSR count). The SMILES string of the molecule is CC1(C)[C@@H]2CC[C@]1(C)[C@H](O)[C@H]2CC(=O)O. The summed E-state index contributed by atoms with van der Waals surface area (Å²) in [6.07, 6.45) is 1.77. The molecule has 86 valence electrons. The summed E-state index contributed by atoms with van der Waals surface area (Å²) >= 11 is 0. The van der Waals surface area contributed by atoms with Gasteiger partial charge in [-0.3, -0.25) is 4.79 Å². The van der Waals surface area contributed by atoms with E-state index >= 15 is 0 Å². The maximum absolute atomic E-state index is 10.8. The zero-order valence-electron chi connectivity index (χ0n) is 9.66. The fraction of sp³-hybridized carbons (Fsp3) is 0.917. The molecule has 0 saturated heterocycles. The lowest BCUT2D eigenvalue weighted by molar-refractivity contribution is -0.140. The number of rotatable bonds is 2. The summed E-state index contributed by atoms with van der Waals surface area (Å²) in [6, 6.07) is 0. The molecule has 2 aliphatic rings. The van der Waals surface area contributed by atoms with Crippen molar-refractivity contribution in [2.45, 2.75) is 46.1 Å². The van der Waals surface area contributed by atoms with Crippen molar-refractivity contribution >= 4 is 5.97 Å². The van der Waals surface area contributed by atoms with Gasteiger partial charge in [-0.25, -0.2) is 0 Å². The Hall–Kier alpha value is -0.570. The van der Waals surface area contributed by atoms with Crippen LogP contribution in [0.5, 0.6) is 0 Å². The predicted molar refractivity (Wildman–Crippen MR) is 56.4 cm³/mol. The summed E-state index contributed by atoms with van der Waals surface area (Å²) in [5, 5.41) is 19.1. The summed E-state index contributed by atoms with van der Waals surface area (Å²) in [5.74, 6) is -0.462. The molecule has 0 radical (unpaired) electrons. The van der Waals surface area contributed by atoms with Crippen LogP contribution in [-0.4, -0.2) is 22.3 Å². The number of aliphatic hydroxyl groups is 1. The van der Waals surface area contributed by atoms with Crippen molar-refractivity contribution < 1.29 is 15.0 Å². The molecule has 0 spiro atoms. The van der Waals surface area contributed by atoms with Crippen molar-refractivity contribution in [3.8, 4) is 0 Å². The number of hydrogen-bond donors (Lipinski definition) is 2. The fourth-order valence-corrected chi connectivity index (χ4v) is 3.99. The first-order valence-electron chi connectivity index (χ1n) is 5.70. The summed E-state index contributed by atoms with van der Waals surface area (Å²) in [4.78, 5) is 10.8. The molecule has 2 fully saturated rings. The lowest BCUT2D eigenvalue weighted by atomic mass is 9.70. The van der Waals surface area contributed by atoms with Crippen LogP contribution in [0.15, 0.2) is 0 Å². The number of aliphatic carboxylic acids is 1. The highest BCUT2D eigenvalue weighted by Crippen LogP contribution is 2.68. The number of carboxylic acids is 1. The highest BCUT2D eigenvalue weighted by molar-refractivity contribution is 5.67. The normalized spacial score (nSPS) is 47.1. The highest BCUT2D eigenvalue weighted by Gasteiger charge is 2.65. The molecule has 0 amide bonds. The molecule has 0 unspecified atom stereocenters. The molecule has 2 N–H and O–H groups in total. The third kappa shape index (κ3) is 1.19. The molecule has 4 atom stereocenters. The number of carbonyl (C=O) groups is 1. The molecule has 0 heterocycles. The Morgan fingerprint density at radius 3 is 2.40 bits per heavy atom. The van der Waals surface area contributed by atoms with Crippen LogP contribution in [0.2, 0.25) is 0 Å². The minimum absolute atomic E-state index is 0.0451. The van der Waals surface area contributed by atoms with Gasteiger partial charge in [0, 0.05) is 0 Å². The summed E-state index contributed by atoms with van der Waals surface area (Å²) < 4.78 is 0. The second kappa shape index (κ2) is 2.97. The van der Waals surface area contributed by atoms with E-state index < -0.39 is 12.1 Å². The number of fused-ring (bicyclic) bond motifs is 2. The molecular weight excluding hydrogens is 192 g/mol. The van der Waals surface area contributed by atoms with E-state index in [0.29, 0.717) is 5.92 Å². The molecule has 2 aliphatic carbocycles. The van der Waals surface area contributed by atoms with Crippen molar-refractivity contribution in [1.29, 1.82) is 0 Å². The van der Waals surface area contributed by atoms with Crippen LogP contribution >= 0.6 is 0 Å². The van der Waals surface area contributed by atoms with E-state index in [1.165, 1.54) is 0 Å². The van der Waals surface area contributed by atoms with Gasteiger partial charge in [0.1, 0.15) is 0 Å². The van der Waals surface area contributed by atoms with E-state index in [9.17, 15) is 9.90 Å². The molecular formula is C12H20O3. The van der Waals surface area contributed by atoms with Gasteiger partial charge in [-0.2, -0.15) is 0 Å². The standard InChI is InChI=1S/C12H20O3/c1-11(2)8-4-5-12(11,3)10(15)7(8)6-9(13)14/h7-8,10,15H,4-6H2,1-3H3,(H,13,14)/t7-,8+,10+,12+/m0/s1. The molecule has 0 aromatic carbocycles. The van der Waals surface area contributed by atoms with Gasteiger partial charge in [-0.1, -0.05) is 20.8 Å². The molecule has 3 nitrogen and oxygen atoms in total. The van der Waals surface area contributed by atoms with E-state index in [0.717, 1.165) is 12.8 Å². The molecule has 0 aromatic rings. The Kier molecular flexibility index (Phi) is 2.16. The van der Waals surface area contributed by atoms with Crippen molar-refractivity contribution in [3.63, 3.8) is 0 Å². The van der Waals surface area contributed by atoms with Gasteiger partial charge in [0.05, 0.1) is 12.5 Å². The van der Waals surface area contributed by atoms with Crippen LogP contribution in [0.25, 0.3) is 0 Å². The zero-order valence-corrected chi connectivity index (χ0v) is 9.66. The fourth-order valence-electron chi connectivity index (χ4n) is 3.99. The molecule has 2 saturated carbocycles. The lowest BCUT2D eigenvalue weighted by Crippen LogP contribution is -2.38. The lowest BCUT2D eigenvalue weighted by Gasteiger charge is -2.37. The van der Waals surface area contributed by atoms with Crippen molar-refractivity contribution in [1.82, 2.24) is 0 Å². The second-order valence-corrected chi connectivity index (χ2v) is 5.99. The summed E-state index contributed by atoms with van der Waals surface area (Å²) in [5.41, 5.74) is -0.00961. The smallest absolute Gasteiger partial charge is 0.303 e. The van der Waals surface area contributed by atoms with E-state index in [1.54, 1.807) is 0 Å². The van der Waals surface area contributed by atoms with Gasteiger partial charge in [0.25, 0.3) is 0 Å². The molecule has 0 aromatic heterocycles. The summed E-state index contributed by atoms with van der Waals surface area (Å²) in [7, 11) is 0. The van der Waals surface area contributed by atoms with Crippen LogP contribution < -0.4 is 0 Å². The highest BCUT2D eigenvalue weighted by atomic mass is 16.4. The average Bonchev–Trinajstić information content (AvgIpc) is 2.40. The van der Waals surface area contributed by atoms with Gasteiger partial charge in [0.15, 0.2) is 0 Å². The zero-order chi connectivity index (χ0) is 11.4. The topological polar surface area (TPSA) is 57.5 Å².